The number of rotatable bonds is 6. The highest BCUT2D eigenvalue weighted by atomic mass is 32.2. The number of hydrogen-bond donors (Lipinski definition) is 1. The fourth-order valence-electron chi connectivity index (χ4n) is 1.90. The molecule has 1 N–H and O–H groups in total. The fourth-order valence-corrected chi connectivity index (χ4v) is 3.23. The molecule has 8 heteroatoms. The second kappa shape index (κ2) is 6.23. The van der Waals surface area contributed by atoms with Crippen LogP contribution in [0.3, 0.4) is 0 Å². The van der Waals surface area contributed by atoms with Gasteiger partial charge >= 0.3 is 0 Å². The van der Waals surface area contributed by atoms with Crippen LogP contribution in [-0.4, -0.2) is 36.3 Å². The van der Waals surface area contributed by atoms with Crippen LogP contribution in [0, 0.1) is 5.82 Å². The highest BCUT2D eigenvalue weighted by molar-refractivity contribution is 7.89. The van der Waals surface area contributed by atoms with Gasteiger partial charge in [-0.15, -0.1) is 0 Å². The van der Waals surface area contributed by atoms with Crippen LogP contribution >= 0.6 is 0 Å². The Hall–Kier alpha value is -1.93. The number of methoxy groups -OCH3 is 1. The molecular weight excluding hydrogens is 297 g/mol. The molecule has 0 atom stereocenters. The van der Waals surface area contributed by atoms with Crippen LogP contribution in [-0.2, 0) is 16.6 Å². The van der Waals surface area contributed by atoms with Crippen molar-refractivity contribution in [1.82, 2.24) is 14.3 Å². The van der Waals surface area contributed by atoms with E-state index in [4.69, 9.17) is 4.74 Å². The van der Waals surface area contributed by atoms with Crippen LogP contribution in [0.1, 0.15) is 12.5 Å². The monoisotopic (exact) mass is 313 g/mol. The van der Waals surface area contributed by atoms with E-state index in [-0.39, 0.29) is 23.9 Å². The van der Waals surface area contributed by atoms with Crippen molar-refractivity contribution in [2.24, 2.45) is 0 Å². The third-order valence-electron chi connectivity index (χ3n) is 3.02. The lowest BCUT2D eigenvalue weighted by Crippen LogP contribution is -2.30. The zero-order valence-electron chi connectivity index (χ0n) is 11.7. The van der Waals surface area contributed by atoms with Gasteiger partial charge in [-0.2, -0.15) is 4.31 Å². The minimum absolute atomic E-state index is 0.0123. The molecule has 0 amide bonds. The normalized spacial score (nSPS) is 11.8. The van der Waals surface area contributed by atoms with Crippen molar-refractivity contribution in [3.8, 4) is 5.75 Å². The van der Waals surface area contributed by atoms with Gasteiger partial charge in [0, 0.05) is 13.1 Å². The molecule has 0 aliphatic heterocycles. The standard InChI is InChI=1S/C13H16FN3O3S/c1-3-17(21(18,19)13-7-15-9-16-13)8-10-4-5-12(20-2)11(14)6-10/h4-7,9H,3,8H2,1-2H3,(H,15,16). The third kappa shape index (κ3) is 3.22. The first-order valence-corrected chi connectivity index (χ1v) is 7.74. The predicted molar refractivity (Wildman–Crippen MR) is 74.8 cm³/mol. The molecule has 114 valence electrons. The maximum absolute atomic E-state index is 13.7. The van der Waals surface area contributed by atoms with E-state index in [2.05, 4.69) is 9.97 Å². The first-order valence-electron chi connectivity index (χ1n) is 6.30. The minimum atomic E-state index is -3.67. The number of sulfonamides is 1. The molecule has 0 unspecified atom stereocenters. The van der Waals surface area contributed by atoms with Crippen molar-refractivity contribution in [2.45, 2.75) is 18.5 Å². The smallest absolute Gasteiger partial charge is 0.260 e. The van der Waals surface area contributed by atoms with Gasteiger partial charge in [-0.05, 0) is 17.7 Å². The highest BCUT2D eigenvalue weighted by Crippen LogP contribution is 2.21. The van der Waals surface area contributed by atoms with Crippen LogP contribution in [0.25, 0.3) is 0 Å². The number of nitrogens with one attached hydrogen (secondary N) is 1. The van der Waals surface area contributed by atoms with Crippen molar-refractivity contribution in [3.63, 3.8) is 0 Å². The molecule has 0 fully saturated rings. The number of nitrogens with zero attached hydrogens (tertiary/aromatic N) is 2. The summed E-state index contributed by atoms with van der Waals surface area (Å²) in [7, 11) is -2.30. The van der Waals surface area contributed by atoms with Crippen LogP contribution < -0.4 is 4.74 Å². The summed E-state index contributed by atoms with van der Waals surface area (Å²) in [6.07, 6.45) is 2.54. The van der Waals surface area contributed by atoms with Crippen LogP contribution in [0.5, 0.6) is 5.75 Å². The summed E-state index contributed by atoms with van der Waals surface area (Å²) >= 11 is 0. The van der Waals surface area contributed by atoms with Crippen molar-refractivity contribution < 1.29 is 17.5 Å². The Kier molecular flexibility index (Phi) is 4.59. The molecule has 6 nitrogen and oxygen atoms in total. The Morgan fingerprint density at radius 2 is 2.19 bits per heavy atom. The molecular formula is C13H16FN3O3S. The average Bonchev–Trinajstić information content (AvgIpc) is 2.99. The second-order valence-electron chi connectivity index (χ2n) is 4.32. The van der Waals surface area contributed by atoms with Crippen molar-refractivity contribution in [2.75, 3.05) is 13.7 Å². The van der Waals surface area contributed by atoms with E-state index in [0.29, 0.717) is 5.56 Å². The SMILES string of the molecule is CCN(Cc1ccc(OC)c(F)c1)S(=O)(=O)c1cnc[nH]1. The maximum Gasteiger partial charge on any atom is 0.260 e. The van der Waals surface area contributed by atoms with E-state index in [1.54, 1.807) is 13.0 Å². The van der Waals surface area contributed by atoms with Crippen LogP contribution in [0.15, 0.2) is 35.7 Å². The molecule has 1 aromatic carbocycles. The van der Waals surface area contributed by atoms with Crippen LogP contribution in [0.2, 0.25) is 0 Å². The predicted octanol–water partition coefficient (Wildman–Crippen LogP) is 1.77. The van der Waals surface area contributed by atoms with E-state index in [0.717, 1.165) is 0 Å². The number of halogens is 1. The zero-order chi connectivity index (χ0) is 15.5. The first kappa shape index (κ1) is 15.5. The Morgan fingerprint density at radius 3 is 2.71 bits per heavy atom. The van der Waals surface area contributed by atoms with Crippen molar-refractivity contribution >= 4 is 10.0 Å². The third-order valence-corrected chi connectivity index (χ3v) is 4.87. The average molecular weight is 313 g/mol. The summed E-state index contributed by atoms with van der Waals surface area (Å²) in [6.45, 7) is 2.04. The van der Waals surface area contributed by atoms with E-state index in [1.807, 2.05) is 0 Å². The Labute approximate surface area is 122 Å². The second-order valence-corrected chi connectivity index (χ2v) is 6.22. The molecule has 0 radical (unpaired) electrons. The fraction of sp³-hybridized carbons (Fsp3) is 0.308. The lowest BCUT2D eigenvalue weighted by molar-refractivity contribution is 0.384. The first-order chi connectivity index (χ1) is 9.98. The number of H-pyrrole nitrogens is 1. The van der Waals surface area contributed by atoms with Gasteiger partial charge in [-0.3, -0.25) is 0 Å². The minimum Gasteiger partial charge on any atom is -0.494 e. The summed E-state index contributed by atoms with van der Waals surface area (Å²) in [4.78, 5) is 6.28. The summed E-state index contributed by atoms with van der Waals surface area (Å²) in [5.41, 5.74) is 0.540. The Balaban J connectivity index is 2.26. The summed E-state index contributed by atoms with van der Waals surface area (Å²) in [6, 6.07) is 4.37. The van der Waals surface area contributed by atoms with Gasteiger partial charge in [-0.25, -0.2) is 17.8 Å². The van der Waals surface area contributed by atoms with Crippen molar-refractivity contribution in [3.05, 3.63) is 42.1 Å². The number of imidazole rings is 1. The molecule has 21 heavy (non-hydrogen) atoms. The van der Waals surface area contributed by atoms with E-state index in [1.165, 1.54) is 36.1 Å². The summed E-state index contributed by atoms with van der Waals surface area (Å²) in [5.74, 6) is -0.400. The maximum atomic E-state index is 13.7. The van der Waals surface area contributed by atoms with E-state index >= 15 is 0 Å². The van der Waals surface area contributed by atoms with Gasteiger partial charge < -0.3 is 9.72 Å². The Bertz CT molecular complexity index is 701. The zero-order valence-corrected chi connectivity index (χ0v) is 12.5. The summed E-state index contributed by atoms with van der Waals surface area (Å²) in [5, 5.41) is 0.0123. The molecule has 2 rings (SSSR count). The number of ether oxygens (including phenoxy) is 1. The van der Waals surface area contributed by atoms with Gasteiger partial charge in [0.1, 0.15) is 0 Å². The van der Waals surface area contributed by atoms with Crippen LogP contribution in [0.4, 0.5) is 4.39 Å². The molecule has 1 aromatic heterocycles. The van der Waals surface area contributed by atoms with Gasteiger partial charge in [0.2, 0.25) is 0 Å². The molecule has 0 saturated carbocycles. The highest BCUT2D eigenvalue weighted by Gasteiger charge is 2.24. The molecule has 0 saturated heterocycles. The quantitative estimate of drug-likeness (QED) is 0.882. The van der Waals surface area contributed by atoms with Gasteiger partial charge in [0.05, 0.1) is 19.6 Å². The number of benzene rings is 1. The van der Waals surface area contributed by atoms with E-state index < -0.39 is 15.8 Å². The lowest BCUT2D eigenvalue weighted by atomic mass is 10.2. The molecule has 0 aliphatic rings. The lowest BCUT2D eigenvalue weighted by Gasteiger charge is -2.19. The van der Waals surface area contributed by atoms with Crippen molar-refractivity contribution in [1.29, 1.82) is 0 Å². The molecule has 1 heterocycles. The van der Waals surface area contributed by atoms with E-state index in [9.17, 15) is 12.8 Å². The molecule has 2 aromatic rings. The van der Waals surface area contributed by atoms with Gasteiger partial charge in [0.25, 0.3) is 10.0 Å². The summed E-state index contributed by atoms with van der Waals surface area (Å²) < 4.78 is 44.5. The van der Waals surface area contributed by atoms with Gasteiger partial charge in [0.15, 0.2) is 16.6 Å². The number of aromatic nitrogens is 2. The van der Waals surface area contributed by atoms with Gasteiger partial charge in [-0.1, -0.05) is 13.0 Å². The largest absolute Gasteiger partial charge is 0.494 e. The molecule has 0 aliphatic carbocycles. The molecule has 0 bridgehead atoms. The number of hydrogen-bond acceptors (Lipinski definition) is 4. The molecule has 0 spiro atoms. The number of aromatic amines is 1. The topological polar surface area (TPSA) is 75.3 Å². The Morgan fingerprint density at radius 1 is 1.43 bits per heavy atom.